The van der Waals surface area contributed by atoms with Crippen molar-refractivity contribution in [2.45, 2.75) is 45.6 Å². The molecule has 1 atom stereocenters. The average Bonchev–Trinajstić information content (AvgIpc) is 2.64. The third kappa shape index (κ3) is 2.23. The van der Waals surface area contributed by atoms with Gasteiger partial charge in [0.25, 0.3) is 0 Å². The minimum atomic E-state index is 0.618. The highest BCUT2D eigenvalue weighted by atomic mass is 16.5. The number of nitrogens with zero attached hydrogens (tertiary/aromatic N) is 2. The summed E-state index contributed by atoms with van der Waals surface area (Å²) in [4.78, 5) is 2.54. The first-order valence-corrected chi connectivity index (χ1v) is 5.83. The molecule has 1 saturated heterocycles. The SMILES string of the molecule is Cc1nocc1C1CCCN(C(C)C)C1. The van der Waals surface area contributed by atoms with Gasteiger partial charge in [-0.25, -0.2) is 0 Å². The molecular formula is C12H20N2O. The third-order valence-corrected chi connectivity index (χ3v) is 3.41. The van der Waals surface area contributed by atoms with Crippen LogP contribution in [0.3, 0.4) is 0 Å². The average molecular weight is 208 g/mol. The van der Waals surface area contributed by atoms with Crippen LogP contribution < -0.4 is 0 Å². The second-order valence-corrected chi connectivity index (χ2v) is 4.78. The lowest BCUT2D eigenvalue weighted by molar-refractivity contribution is 0.167. The molecule has 0 radical (unpaired) electrons. The van der Waals surface area contributed by atoms with Crippen LogP contribution in [-0.2, 0) is 0 Å². The van der Waals surface area contributed by atoms with Gasteiger partial charge >= 0.3 is 0 Å². The predicted molar refractivity (Wildman–Crippen MR) is 59.9 cm³/mol. The highest BCUT2D eigenvalue weighted by Crippen LogP contribution is 2.29. The molecular weight excluding hydrogens is 188 g/mol. The third-order valence-electron chi connectivity index (χ3n) is 3.41. The van der Waals surface area contributed by atoms with Crippen molar-refractivity contribution in [2.24, 2.45) is 0 Å². The normalized spacial score (nSPS) is 23.6. The highest BCUT2D eigenvalue weighted by Gasteiger charge is 2.25. The van der Waals surface area contributed by atoms with E-state index in [1.165, 1.54) is 24.9 Å². The Bertz CT molecular complexity index is 319. The van der Waals surface area contributed by atoms with Crippen LogP contribution in [-0.4, -0.2) is 29.2 Å². The summed E-state index contributed by atoms with van der Waals surface area (Å²) in [6.45, 7) is 8.96. The Hall–Kier alpha value is -0.830. The number of likely N-dealkylation sites (tertiary alicyclic amines) is 1. The molecule has 3 heteroatoms. The van der Waals surface area contributed by atoms with Gasteiger partial charge in [-0.1, -0.05) is 5.16 Å². The van der Waals surface area contributed by atoms with Gasteiger partial charge < -0.3 is 9.42 Å². The number of aromatic nitrogens is 1. The summed E-state index contributed by atoms with van der Waals surface area (Å²) in [6, 6.07) is 0.646. The van der Waals surface area contributed by atoms with Crippen molar-refractivity contribution in [1.29, 1.82) is 0 Å². The molecule has 1 fully saturated rings. The minimum absolute atomic E-state index is 0.618. The smallest absolute Gasteiger partial charge is 0.127 e. The van der Waals surface area contributed by atoms with Gasteiger partial charge in [0.1, 0.15) is 6.26 Å². The maximum atomic E-state index is 5.03. The van der Waals surface area contributed by atoms with E-state index in [4.69, 9.17) is 4.52 Å². The molecule has 0 amide bonds. The first-order valence-electron chi connectivity index (χ1n) is 5.83. The molecule has 3 nitrogen and oxygen atoms in total. The molecule has 0 spiro atoms. The fourth-order valence-corrected chi connectivity index (χ4v) is 2.42. The lowest BCUT2D eigenvalue weighted by atomic mass is 9.90. The summed E-state index contributed by atoms with van der Waals surface area (Å²) in [5.41, 5.74) is 2.37. The Morgan fingerprint density at radius 3 is 2.93 bits per heavy atom. The topological polar surface area (TPSA) is 29.3 Å². The molecule has 1 aliphatic heterocycles. The minimum Gasteiger partial charge on any atom is -0.364 e. The summed E-state index contributed by atoms with van der Waals surface area (Å²) in [7, 11) is 0. The second-order valence-electron chi connectivity index (χ2n) is 4.78. The lowest BCUT2D eigenvalue weighted by Crippen LogP contribution is -2.39. The van der Waals surface area contributed by atoms with E-state index in [0.29, 0.717) is 12.0 Å². The summed E-state index contributed by atoms with van der Waals surface area (Å²) in [6.07, 6.45) is 4.38. The van der Waals surface area contributed by atoms with Gasteiger partial charge in [0.2, 0.25) is 0 Å². The maximum Gasteiger partial charge on any atom is 0.127 e. The molecule has 0 N–H and O–H groups in total. The maximum absolute atomic E-state index is 5.03. The van der Waals surface area contributed by atoms with Gasteiger partial charge in [0.05, 0.1) is 5.69 Å². The number of aryl methyl sites for hydroxylation is 1. The summed E-state index contributed by atoms with van der Waals surface area (Å²) >= 11 is 0. The fourth-order valence-electron chi connectivity index (χ4n) is 2.42. The molecule has 1 unspecified atom stereocenters. The van der Waals surface area contributed by atoms with Crippen LogP contribution in [0, 0.1) is 6.92 Å². The Morgan fingerprint density at radius 2 is 2.33 bits per heavy atom. The molecule has 1 aromatic rings. The Labute approximate surface area is 91.4 Å². The van der Waals surface area contributed by atoms with E-state index >= 15 is 0 Å². The van der Waals surface area contributed by atoms with Crippen LogP contribution in [0.25, 0.3) is 0 Å². The van der Waals surface area contributed by atoms with E-state index in [9.17, 15) is 0 Å². The zero-order valence-electron chi connectivity index (χ0n) is 9.86. The van der Waals surface area contributed by atoms with Gasteiger partial charge in [-0.3, -0.25) is 0 Å². The Morgan fingerprint density at radius 1 is 1.53 bits per heavy atom. The van der Waals surface area contributed by atoms with E-state index in [-0.39, 0.29) is 0 Å². The molecule has 2 rings (SSSR count). The van der Waals surface area contributed by atoms with E-state index in [0.717, 1.165) is 12.2 Å². The van der Waals surface area contributed by atoms with Gasteiger partial charge in [0.15, 0.2) is 0 Å². The van der Waals surface area contributed by atoms with Gasteiger partial charge in [-0.05, 0) is 40.2 Å². The summed E-state index contributed by atoms with van der Waals surface area (Å²) in [5, 5.41) is 3.97. The predicted octanol–water partition coefficient (Wildman–Crippen LogP) is 2.57. The number of hydrogen-bond acceptors (Lipinski definition) is 3. The zero-order chi connectivity index (χ0) is 10.8. The van der Waals surface area contributed by atoms with Gasteiger partial charge in [0, 0.05) is 24.1 Å². The quantitative estimate of drug-likeness (QED) is 0.748. The number of hydrogen-bond donors (Lipinski definition) is 0. The van der Waals surface area contributed by atoms with Crippen molar-refractivity contribution in [2.75, 3.05) is 13.1 Å². The van der Waals surface area contributed by atoms with Crippen molar-refractivity contribution >= 4 is 0 Å². The molecule has 0 bridgehead atoms. The van der Waals surface area contributed by atoms with Crippen LogP contribution >= 0.6 is 0 Å². The Balaban J connectivity index is 2.08. The summed E-state index contributed by atoms with van der Waals surface area (Å²) in [5.74, 6) is 0.618. The molecule has 0 aliphatic carbocycles. The monoisotopic (exact) mass is 208 g/mol. The number of piperidine rings is 1. The van der Waals surface area contributed by atoms with Crippen LogP contribution in [0.5, 0.6) is 0 Å². The van der Waals surface area contributed by atoms with Crippen molar-refractivity contribution < 1.29 is 4.52 Å². The molecule has 2 heterocycles. The van der Waals surface area contributed by atoms with Crippen molar-refractivity contribution in [3.8, 4) is 0 Å². The molecule has 15 heavy (non-hydrogen) atoms. The first-order chi connectivity index (χ1) is 7.18. The molecule has 84 valence electrons. The largest absolute Gasteiger partial charge is 0.364 e. The van der Waals surface area contributed by atoms with Crippen molar-refractivity contribution in [1.82, 2.24) is 10.1 Å². The Kier molecular flexibility index (Phi) is 3.10. The van der Waals surface area contributed by atoms with Crippen LogP contribution in [0.2, 0.25) is 0 Å². The van der Waals surface area contributed by atoms with Crippen LogP contribution in [0.15, 0.2) is 10.8 Å². The van der Waals surface area contributed by atoms with Crippen molar-refractivity contribution in [3.63, 3.8) is 0 Å². The van der Waals surface area contributed by atoms with Crippen LogP contribution in [0.4, 0.5) is 0 Å². The van der Waals surface area contributed by atoms with E-state index in [1.54, 1.807) is 0 Å². The number of rotatable bonds is 2. The van der Waals surface area contributed by atoms with Gasteiger partial charge in [-0.15, -0.1) is 0 Å². The molecule has 0 aromatic carbocycles. The highest BCUT2D eigenvalue weighted by molar-refractivity contribution is 5.19. The van der Waals surface area contributed by atoms with Crippen LogP contribution in [0.1, 0.15) is 43.9 Å². The van der Waals surface area contributed by atoms with E-state index in [1.807, 2.05) is 13.2 Å². The lowest BCUT2D eigenvalue weighted by Gasteiger charge is -2.35. The first kappa shape index (κ1) is 10.7. The molecule has 0 saturated carbocycles. The fraction of sp³-hybridized carbons (Fsp3) is 0.750. The second kappa shape index (κ2) is 4.35. The molecule has 1 aliphatic rings. The summed E-state index contributed by atoms with van der Waals surface area (Å²) < 4.78 is 5.03. The molecule has 1 aromatic heterocycles. The van der Waals surface area contributed by atoms with Gasteiger partial charge in [-0.2, -0.15) is 0 Å². The van der Waals surface area contributed by atoms with E-state index < -0.39 is 0 Å². The zero-order valence-corrected chi connectivity index (χ0v) is 9.86. The van der Waals surface area contributed by atoms with E-state index in [2.05, 4.69) is 23.9 Å². The van der Waals surface area contributed by atoms with Crippen molar-refractivity contribution in [3.05, 3.63) is 17.5 Å². The standard InChI is InChI=1S/C12H20N2O/c1-9(2)14-6-4-5-11(7-14)12-8-15-13-10(12)3/h8-9,11H,4-7H2,1-3H3.